The molecule has 1 amide bonds. The molecule has 0 aliphatic rings. The molecule has 1 heterocycles. The van der Waals surface area contributed by atoms with E-state index in [9.17, 15) is 35.5 Å². The van der Waals surface area contributed by atoms with E-state index < -0.39 is 35.2 Å². The van der Waals surface area contributed by atoms with Gasteiger partial charge in [0.25, 0.3) is 5.91 Å². The minimum absolute atomic E-state index is 0.0299. The minimum Gasteiger partial charge on any atom is -0.350 e. The molecular formula is C25H23F7N2O. The monoisotopic (exact) mass is 500 g/mol. The van der Waals surface area contributed by atoms with E-state index in [0.29, 0.717) is 29.8 Å². The second kappa shape index (κ2) is 9.75. The Morgan fingerprint density at radius 2 is 1.57 bits per heavy atom. The Morgan fingerprint density at radius 1 is 0.971 bits per heavy atom. The fraction of sp³-hybridized carbons (Fsp3) is 0.320. The van der Waals surface area contributed by atoms with Crippen LogP contribution in [-0.2, 0) is 18.9 Å². The third-order valence-electron chi connectivity index (χ3n) is 5.71. The summed E-state index contributed by atoms with van der Waals surface area (Å²) in [6, 6.07) is 7.75. The van der Waals surface area contributed by atoms with Crippen LogP contribution in [0.1, 0.15) is 53.0 Å². The molecule has 10 heteroatoms. The SMILES string of the molecule is CCC(C)NC(=O)c1cc(-c2cc(C(F)(F)F)cc(C(F)(F)F)c2)n(Cc2cccc(F)c2)c1C. The van der Waals surface area contributed by atoms with Gasteiger partial charge in [-0.3, -0.25) is 4.79 Å². The molecule has 2 aromatic carbocycles. The van der Waals surface area contributed by atoms with Crippen LogP contribution < -0.4 is 5.32 Å². The second-order valence-electron chi connectivity index (χ2n) is 8.32. The molecule has 0 saturated heterocycles. The van der Waals surface area contributed by atoms with E-state index >= 15 is 0 Å². The predicted octanol–water partition coefficient (Wildman–Crippen LogP) is 7.22. The third-order valence-corrected chi connectivity index (χ3v) is 5.71. The second-order valence-corrected chi connectivity index (χ2v) is 8.32. The van der Waals surface area contributed by atoms with Gasteiger partial charge in [0.1, 0.15) is 5.82 Å². The van der Waals surface area contributed by atoms with E-state index in [1.54, 1.807) is 13.0 Å². The average Bonchev–Trinajstić information content (AvgIpc) is 3.08. The summed E-state index contributed by atoms with van der Waals surface area (Å²) in [7, 11) is 0. The normalized spacial score (nSPS) is 13.1. The number of halogens is 7. The van der Waals surface area contributed by atoms with E-state index in [0.717, 1.165) is 0 Å². The number of nitrogens with one attached hydrogen (secondary N) is 1. The summed E-state index contributed by atoms with van der Waals surface area (Å²) in [6.45, 7) is 5.07. The molecule has 3 nitrogen and oxygen atoms in total. The maximum absolute atomic E-state index is 13.8. The van der Waals surface area contributed by atoms with Gasteiger partial charge < -0.3 is 9.88 Å². The Kier molecular flexibility index (Phi) is 7.33. The highest BCUT2D eigenvalue weighted by molar-refractivity contribution is 5.97. The molecule has 1 unspecified atom stereocenters. The lowest BCUT2D eigenvalue weighted by Gasteiger charge is -2.17. The maximum atomic E-state index is 13.8. The molecule has 0 fully saturated rings. The van der Waals surface area contributed by atoms with Gasteiger partial charge in [-0.15, -0.1) is 0 Å². The lowest BCUT2D eigenvalue weighted by molar-refractivity contribution is -0.143. The van der Waals surface area contributed by atoms with Crippen molar-refractivity contribution >= 4 is 5.91 Å². The van der Waals surface area contributed by atoms with Crippen LogP contribution in [0, 0.1) is 12.7 Å². The first kappa shape index (κ1) is 26.3. The largest absolute Gasteiger partial charge is 0.416 e. The highest BCUT2D eigenvalue weighted by Gasteiger charge is 2.37. The summed E-state index contributed by atoms with van der Waals surface area (Å²) in [5.41, 5.74) is -2.50. The molecule has 1 N–H and O–H groups in total. The number of carbonyl (C=O) groups is 1. The minimum atomic E-state index is -5.03. The van der Waals surface area contributed by atoms with Crippen molar-refractivity contribution in [1.82, 2.24) is 9.88 Å². The Balaban J connectivity index is 2.25. The number of hydrogen-bond donors (Lipinski definition) is 1. The number of benzene rings is 2. The van der Waals surface area contributed by atoms with Gasteiger partial charge in [-0.2, -0.15) is 26.3 Å². The quantitative estimate of drug-likeness (QED) is 0.357. The third kappa shape index (κ3) is 6.04. The molecule has 1 atom stereocenters. The Bertz CT molecular complexity index is 1190. The van der Waals surface area contributed by atoms with Crippen molar-refractivity contribution in [3.8, 4) is 11.3 Å². The van der Waals surface area contributed by atoms with Crippen LogP contribution in [0.2, 0.25) is 0 Å². The van der Waals surface area contributed by atoms with Gasteiger partial charge in [0.05, 0.1) is 16.7 Å². The molecule has 0 aliphatic heterocycles. The first-order chi connectivity index (χ1) is 16.2. The lowest BCUT2D eigenvalue weighted by Crippen LogP contribution is -2.32. The molecule has 3 rings (SSSR count). The Labute approximate surface area is 197 Å². The molecule has 35 heavy (non-hydrogen) atoms. The van der Waals surface area contributed by atoms with E-state index in [1.165, 1.54) is 35.8 Å². The van der Waals surface area contributed by atoms with Crippen LogP contribution in [0.5, 0.6) is 0 Å². The number of hydrogen-bond acceptors (Lipinski definition) is 1. The molecule has 1 aromatic heterocycles. The van der Waals surface area contributed by atoms with Gasteiger partial charge in [-0.1, -0.05) is 19.1 Å². The van der Waals surface area contributed by atoms with Gasteiger partial charge >= 0.3 is 12.4 Å². The lowest BCUT2D eigenvalue weighted by atomic mass is 10.0. The zero-order valence-corrected chi connectivity index (χ0v) is 19.1. The number of rotatable bonds is 6. The van der Waals surface area contributed by atoms with Crippen LogP contribution >= 0.6 is 0 Å². The zero-order valence-electron chi connectivity index (χ0n) is 19.1. The standard InChI is InChI=1S/C25H23F7N2O/c1-4-14(2)33-23(35)21-12-22(34(15(21)3)13-16-6-5-7-20(26)8-16)17-9-18(24(27,28)29)11-19(10-17)25(30,31)32/h5-12,14H,4,13H2,1-3H3,(H,33,35). The van der Waals surface area contributed by atoms with Crippen molar-refractivity contribution in [2.24, 2.45) is 0 Å². The zero-order chi connectivity index (χ0) is 26.1. The predicted molar refractivity (Wildman–Crippen MR) is 117 cm³/mol. The van der Waals surface area contributed by atoms with Gasteiger partial charge in [0, 0.05) is 24.0 Å². The van der Waals surface area contributed by atoms with E-state index in [-0.39, 0.29) is 35.5 Å². The summed E-state index contributed by atoms with van der Waals surface area (Å²) >= 11 is 0. The molecular weight excluding hydrogens is 477 g/mol. The number of alkyl halides is 6. The van der Waals surface area contributed by atoms with Gasteiger partial charge in [0.2, 0.25) is 0 Å². The van der Waals surface area contributed by atoms with Crippen LogP contribution in [0.15, 0.2) is 48.5 Å². The molecule has 0 saturated carbocycles. The molecule has 0 spiro atoms. The van der Waals surface area contributed by atoms with Crippen LogP contribution in [0.25, 0.3) is 11.3 Å². The fourth-order valence-electron chi connectivity index (χ4n) is 3.64. The summed E-state index contributed by atoms with van der Waals surface area (Å²) in [5.74, 6) is -1.07. The fourth-order valence-corrected chi connectivity index (χ4v) is 3.64. The number of nitrogens with zero attached hydrogens (tertiary/aromatic N) is 1. The number of amides is 1. The Morgan fingerprint density at radius 3 is 2.09 bits per heavy atom. The van der Waals surface area contributed by atoms with Crippen molar-refractivity contribution in [3.63, 3.8) is 0 Å². The molecule has 0 bridgehead atoms. The molecule has 0 aliphatic carbocycles. The number of carbonyl (C=O) groups excluding carboxylic acids is 1. The Hall–Kier alpha value is -3.30. The van der Waals surface area contributed by atoms with E-state index in [2.05, 4.69) is 5.32 Å². The highest BCUT2D eigenvalue weighted by Crippen LogP contribution is 2.39. The van der Waals surface area contributed by atoms with Crippen molar-refractivity contribution in [3.05, 3.63) is 82.3 Å². The van der Waals surface area contributed by atoms with Crippen molar-refractivity contribution in [2.75, 3.05) is 0 Å². The average molecular weight is 500 g/mol. The smallest absolute Gasteiger partial charge is 0.350 e. The van der Waals surface area contributed by atoms with Gasteiger partial charge in [-0.05, 0) is 67.8 Å². The maximum Gasteiger partial charge on any atom is 0.416 e. The number of aromatic nitrogens is 1. The van der Waals surface area contributed by atoms with E-state index in [1.807, 2.05) is 6.92 Å². The van der Waals surface area contributed by atoms with Gasteiger partial charge in [-0.25, -0.2) is 4.39 Å². The van der Waals surface area contributed by atoms with Crippen LogP contribution in [-0.4, -0.2) is 16.5 Å². The van der Waals surface area contributed by atoms with E-state index in [4.69, 9.17) is 0 Å². The molecule has 188 valence electrons. The van der Waals surface area contributed by atoms with Crippen molar-refractivity contribution in [2.45, 2.75) is 52.1 Å². The summed E-state index contributed by atoms with van der Waals surface area (Å²) in [5, 5.41) is 2.75. The topological polar surface area (TPSA) is 34.0 Å². The molecule has 0 radical (unpaired) electrons. The summed E-state index contributed by atoms with van der Waals surface area (Å²) < 4.78 is 95.9. The van der Waals surface area contributed by atoms with Crippen molar-refractivity contribution < 1.29 is 35.5 Å². The first-order valence-electron chi connectivity index (χ1n) is 10.8. The van der Waals surface area contributed by atoms with Crippen molar-refractivity contribution in [1.29, 1.82) is 0 Å². The highest BCUT2D eigenvalue weighted by atomic mass is 19.4. The first-order valence-corrected chi connectivity index (χ1v) is 10.8. The summed E-state index contributed by atoms with van der Waals surface area (Å²) in [4.78, 5) is 12.8. The van der Waals surface area contributed by atoms with Crippen LogP contribution in [0.4, 0.5) is 30.7 Å². The molecule has 3 aromatic rings. The summed E-state index contributed by atoms with van der Waals surface area (Å²) in [6.07, 6.45) is -9.44. The van der Waals surface area contributed by atoms with Gasteiger partial charge in [0.15, 0.2) is 0 Å². The van der Waals surface area contributed by atoms with Crippen LogP contribution in [0.3, 0.4) is 0 Å².